The van der Waals surface area contributed by atoms with Crippen molar-refractivity contribution in [1.82, 2.24) is 20.1 Å². The number of aryl methyl sites for hydroxylation is 1. The van der Waals surface area contributed by atoms with Gasteiger partial charge in [-0.3, -0.25) is 9.67 Å². The highest BCUT2D eigenvalue weighted by Crippen LogP contribution is 2.25. The summed E-state index contributed by atoms with van der Waals surface area (Å²) in [6.45, 7) is 0. The van der Waals surface area contributed by atoms with Gasteiger partial charge in [0.25, 0.3) is 0 Å². The lowest BCUT2D eigenvalue weighted by molar-refractivity contribution is 0.595. The van der Waals surface area contributed by atoms with E-state index in [1.165, 1.54) is 16.5 Å². The predicted molar refractivity (Wildman–Crippen MR) is 80.5 cm³/mol. The molecule has 0 saturated heterocycles. The molecular weight excluding hydrogens is 248 g/mol. The van der Waals surface area contributed by atoms with Crippen LogP contribution in [-0.2, 0) is 13.5 Å². The molecule has 1 unspecified atom stereocenters. The number of pyridine rings is 1. The van der Waals surface area contributed by atoms with Crippen molar-refractivity contribution in [3.05, 3.63) is 60.0 Å². The Morgan fingerprint density at radius 3 is 2.85 bits per heavy atom. The molecule has 0 bridgehead atoms. The van der Waals surface area contributed by atoms with Crippen molar-refractivity contribution >= 4 is 10.9 Å². The number of likely N-dealkylation sites (N-methyl/N-ethyl adjacent to an activating group) is 1. The molecule has 0 radical (unpaired) electrons. The summed E-state index contributed by atoms with van der Waals surface area (Å²) < 4.78 is 1.84. The molecule has 2 aromatic heterocycles. The van der Waals surface area contributed by atoms with Crippen LogP contribution in [0.25, 0.3) is 10.9 Å². The van der Waals surface area contributed by atoms with Crippen molar-refractivity contribution in [2.45, 2.75) is 12.5 Å². The van der Waals surface area contributed by atoms with E-state index in [1.54, 1.807) is 0 Å². The lowest BCUT2D eigenvalue weighted by atomic mass is 9.97. The second-order valence-corrected chi connectivity index (χ2v) is 4.98. The molecule has 0 spiro atoms. The van der Waals surface area contributed by atoms with Crippen molar-refractivity contribution in [2.75, 3.05) is 7.05 Å². The largest absolute Gasteiger partial charge is 0.313 e. The van der Waals surface area contributed by atoms with Gasteiger partial charge in [-0.1, -0.05) is 18.2 Å². The fourth-order valence-corrected chi connectivity index (χ4v) is 2.60. The first kappa shape index (κ1) is 12.8. The molecule has 0 amide bonds. The molecule has 3 aromatic rings. The van der Waals surface area contributed by atoms with Gasteiger partial charge < -0.3 is 5.32 Å². The van der Waals surface area contributed by atoms with Crippen LogP contribution in [0.15, 0.2) is 48.9 Å². The Hall–Kier alpha value is -2.20. The highest BCUT2D eigenvalue weighted by atomic mass is 15.2. The minimum atomic E-state index is 0.257. The van der Waals surface area contributed by atoms with Crippen molar-refractivity contribution < 1.29 is 0 Å². The number of para-hydroxylation sites is 1. The van der Waals surface area contributed by atoms with E-state index in [0.717, 1.165) is 11.9 Å². The van der Waals surface area contributed by atoms with E-state index in [9.17, 15) is 0 Å². The maximum atomic E-state index is 4.43. The Labute approximate surface area is 118 Å². The van der Waals surface area contributed by atoms with Crippen LogP contribution in [0.3, 0.4) is 0 Å². The fourth-order valence-electron chi connectivity index (χ4n) is 2.60. The minimum absolute atomic E-state index is 0.257. The molecular formula is C16H18N4. The molecule has 0 fully saturated rings. The van der Waals surface area contributed by atoms with E-state index in [2.05, 4.69) is 45.9 Å². The zero-order chi connectivity index (χ0) is 13.9. The third kappa shape index (κ3) is 2.42. The lowest BCUT2D eigenvalue weighted by Crippen LogP contribution is -2.19. The van der Waals surface area contributed by atoms with Crippen LogP contribution in [0.4, 0.5) is 0 Å². The number of aromatic nitrogens is 3. The van der Waals surface area contributed by atoms with Gasteiger partial charge in [0.15, 0.2) is 0 Å². The maximum absolute atomic E-state index is 4.43. The van der Waals surface area contributed by atoms with Crippen molar-refractivity contribution in [2.24, 2.45) is 7.05 Å². The zero-order valence-corrected chi connectivity index (χ0v) is 11.7. The number of benzene rings is 1. The summed E-state index contributed by atoms with van der Waals surface area (Å²) in [5, 5.41) is 8.85. The molecule has 1 atom stereocenters. The standard InChI is InChI=1S/C16H18N4/c1-17-16(9-12-10-19-20(2)11-12)14-7-8-18-15-6-4-3-5-13(14)15/h3-8,10-11,16-17H,9H2,1-2H3. The van der Waals surface area contributed by atoms with Gasteiger partial charge in [-0.05, 0) is 36.7 Å². The number of nitrogens with zero attached hydrogens (tertiary/aromatic N) is 3. The highest BCUT2D eigenvalue weighted by Gasteiger charge is 2.14. The summed E-state index contributed by atoms with van der Waals surface area (Å²) in [6, 6.07) is 10.6. The van der Waals surface area contributed by atoms with Gasteiger partial charge in [-0.25, -0.2) is 0 Å². The molecule has 2 heterocycles. The van der Waals surface area contributed by atoms with Gasteiger partial charge in [-0.15, -0.1) is 0 Å². The quantitative estimate of drug-likeness (QED) is 0.789. The van der Waals surface area contributed by atoms with Gasteiger partial charge in [0.05, 0.1) is 11.7 Å². The summed E-state index contributed by atoms with van der Waals surface area (Å²) >= 11 is 0. The third-order valence-corrected chi connectivity index (χ3v) is 3.60. The Bertz CT molecular complexity index is 712. The van der Waals surface area contributed by atoms with Crippen LogP contribution in [0, 0.1) is 0 Å². The smallest absolute Gasteiger partial charge is 0.0705 e. The summed E-state index contributed by atoms with van der Waals surface area (Å²) in [5.74, 6) is 0. The number of nitrogens with one attached hydrogen (secondary N) is 1. The second-order valence-electron chi connectivity index (χ2n) is 4.98. The first-order chi connectivity index (χ1) is 9.78. The summed E-state index contributed by atoms with van der Waals surface area (Å²) in [5.41, 5.74) is 3.55. The van der Waals surface area contributed by atoms with Crippen molar-refractivity contribution in [3.8, 4) is 0 Å². The van der Waals surface area contributed by atoms with Gasteiger partial charge in [0.2, 0.25) is 0 Å². The average Bonchev–Trinajstić information content (AvgIpc) is 2.89. The average molecular weight is 266 g/mol. The van der Waals surface area contributed by atoms with Crippen LogP contribution in [0.1, 0.15) is 17.2 Å². The van der Waals surface area contributed by atoms with Crippen molar-refractivity contribution in [1.29, 1.82) is 0 Å². The van der Waals surface area contributed by atoms with E-state index in [0.29, 0.717) is 0 Å². The first-order valence-corrected chi connectivity index (χ1v) is 6.76. The predicted octanol–water partition coefficient (Wildman–Crippen LogP) is 2.47. The number of hydrogen-bond donors (Lipinski definition) is 1. The lowest BCUT2D eigenvalue weighted by Gasteiger charge is -2.17. The maximum Gasteiger partial charge on any atom is 0.0705 e. The summed E-state index contributed by atoms with van der Waals surface area (Å²) in [6.07, 6.45) is 6.78. The molecule has 0 saturated carbocycles. The summed E-state index contributed by atoms with van der Waals surface area (Å²) in [7, 11) is 3.94. The Balaban J connectivity index is 1.98. The normalized spacial score (nSPS) is 12.7. The van der Waals surface area contributed by atoms with Crippen LogP contribution < -0.4 is 5.32 Å². The van der Waals surface area contributed by atoms with Gasteiger partial charge in [0.1, 0.15) is 0 Å². The van der Waals surface area contributed by atoms with E-state index < -0.39 is 0 Å². The molecule has 0 aliphatic rings. The van der Waals surface area contributed by atoms with Crippen LogP contribution in [0.2, 0.25) is 0 Å². The molecule has 3 rings (SSSR count). The topological polar surface area (TPSA) is 42.7 Å². The number of fused-ring (bicyclic) bond motifs is 1. The Kier molecular flexibility index (Phi) is 3.48. The Morgan fingerprint density at radius 2 is 2.10 bits per heavy atom. The molecule has 0 aliphatic carbocycles. The van der Waals surface area contributed by atoms with E-state index in [4.69, 9.17) is 0 Å². The molecule has 20 heavy (non-hydrogen) atoms. The molecule has 1 aromatic carbocycles. The molecule has 102 valence electrons. The van der Waals surface area contributed by atoms with Gasteiger partial charge >= 0.3 is 0 Å². The van der Waals surface area contributed by atoms with Gasteiger partial charge in [-0.2, -0.15) is 5.10 Å². The molecule has 0 aliphatic heterocycles. The van der Waals surface area contributed by atoms with Crippen LogP contribution in [-0.4, -0.2) is 21.8 Å². The van der Waals surface area contributed by atoms with E-state index >= 15 is 0 Å². The van der Waals surface area contributed by atoms with E-state index in [-0.39, 0.29) is 6.04 Å². The monoisotopic (exact) mass is 266 g/mol. The molecule has 4 nitrogen and oxygen atoms in total. The van der Waals surface area contributed by atoms with Crippen LogP contribution >= 0.6 is 0 Å². The van der Waals surface area contributed by atoms with E-state index in [1.807, 2.05) is 37.2 Å². The third-order valence-electron chi connectivity index (χ3n) is 3.60. The minimum Gasteiger partial charge on any atom is -0.313 e. The fraction of sp³-hybridized carbons (Fsp3) is 0.250. The Morgan fingerprint density at radius 1 is 1.25 bits per heavy atom. The van der Waals surface area contributed by atoms with Gasteiger partial charge in [0, 0.05) is 30.9 Å². The van der Waals surface area contributed by atoms with Crippen molar-refractivity contribution in [3.63, 3.8) is 0 Å². The highest BCUT2D eigenvalue weighted by molar-refractivity contribution is 5.82. The second kappa shape index (κ2) is 5.43. The molecule has 4 heteroatoms. The van der Waals surface area contributed by atoms with Crippen LogP contribution in [0.5, 0.6) is 0 Å². The SMILES string of the molecule is CNC(Cc1cnn(C)c1)c1ccnc2ccccc12. The summed E-state index contributed by atoms with van der Waals surface area (Å²) in [4.78, 5) is 4.43. The number of hydrogen-bond acceptors (Lipinski definition) is 3. The zero-order valence-electron chi connectivity index (χ0n) is 11.7. The molecule has 1 N–H and O–H groups in total. The number of rotatable bonds is 4. The first-order valence-electron chi connectivity index (χ1n) is 6.76.